The molecular weight excluding hydrogens is 204 g/mol. The number of hydrazone groups is 1. The molecule has 5 heteroatoms. The van der Waals surface area contributed by atoms with Crippen LogP contribution < -0.4 is 11.2 Å². The summed E-state index contributed by atoms with van der Waals surface area (Å²) in [5.74, 6) is 0. The largest absolute Gasteiger partial charge is 0.350 e. The number of amides is 2. The Balaban J connectivity index is 2.88. The first-order valence-electron chi connectivity index (χ1n) is 5.18. The summed E-state index contributed by atoms with van der Waals surface area (Å²) in [6.07, 6.45) is 3.45. The molecular formula is C11H16N4O. The van der Waals surface area contributed by atoms with Crippen molar-refractivity contribution in [2.45, 2.75) is 26.7 Å². The van der Waals surface area contributed by atoms with Gasteiger partial charge in [-0.3, -0.25) is 4.98 Å². The van der Waals surface area contributed by atoms with E-state index >= 15 is 0 Å². The number of hydrogen-bond acceptors (Lipinski definition) is 3. The summed E-state index contributed by atoms with van der Waals surface area (Å²) in [6, 6.07) is 3.18. The van der Waals surface area contributed by atoms with E-state index in [-0.39, 0.29) is 0 Å². The van der Waals surface area contributed by atoms with Gasteiger partial charge in [-0.2, -0.15) is 5.10 Å². The van der Waals surface area contributed by atoms with Crippen LogP contribution in [0.1, 0.15) is 31.0 Å². The number of rotatable bonds is 4. The Bertz CT molecular complexity index is 383. The minimum Gasteiger partial charge on any atom is -0.350 e. The summed E-state index contributed by atoms with van der Waals surface area (Å²) < 4.78 is 0. The quantitative estimate of drug-likeness (QED) is 0.596. The number of pyridine rings is 1. The van der Waals surface area contributed by atoms with E-state index in [0.29, 0.717) is 0 Å². The number of carbonyl (C=O) groups is 1. The number of nitrogens with two attached hydrogens (primary N) is 1. The van der Waals surface area contributed by atoms with Gasteiger partial charge in [0.2, 0.25) is 0 Å². The first kappa shape index (κ1) is 12.2. The van der Waals surface area contributed by atoms with Crippen molar-refractivity contribution in [3.8, 4) is 0 Å². The molecule has 0 atom stereocenters. The van der Waals surface area contributed by atoms with Crippen molar-refractivity contribution >= 4 is 11.7 Å². The molecule has 1 rings (SSSR count). The monoisotopic (exact) mass is 220 g/mol. The number of urea groups is 1. The smallest absolute Gasteiger partial charge is 0.332 e. The van der Waals surface area contributed by atoms with Crippen molar-refractivity contribution in [2.24, 2.45) is 10.8 Å². The molecule has 0 aliphatic carbocycles. The SMILES string of the molecule is CCCC(=NNC(N)=O)c1ccc(C)nc1. The van der Waals surface area contributed by atoms with E-state index in [1.807, 2.05) is 26.0 Å². The van der Waals surface area contributed by atoms with Gasteiger partial charge in [0.25, 0.3) is 0 Å². The van der Waals surface area contributed by atoms with Crippen LogP contribution in [0.5, 0.6) is 0 Å². The molecule has 0 bridgehead atoms. The molecule has 0 radical (unpaired) electrons. The van der Waals surface area contributed by atoms with Crippen LogP contribution in [-0.2, 0) is 0 Å². The zero-order chi connectivity index (χ0) is 12.0. The number of aromatic nitrogens is 1. The lowest BCUT2D eigenvalue weighted by Gasteiger charge is -2.05. The topological polar surface area (TPSA) is 80.4 Å². The van der Waals surface area contributed by atoms with Gasteiger partial charge in [-0.25, -0.2) is 10.2 Å². The van der Waals surface area contributed by atoms with E-state index in [1.54, 1.807) is 6.20 Å². The van der Waals surface area contributed by atoms with Gasteiger partial charge in [-0.1, -0.05) is 13.3 Å². The molecule has 16 heavy (non-hydrogen) atoms. The number of nitrogens with one attached hydrogen (secondary N) is 1. The molecule has 0 unspecified atom stereocenters. The standard InChI is InChI=1S/C11H16N4O/c1-3-4-10(14-15-11(12)16)9-6-5-8(2)13-7-9/h5-7H,3-4H2,1-2H3,(H3,12,15,16). The molecule has 5 nitrogen and oxygen atoms in total. The van der Waals surface area contributed by atoms with Crippen LogP contribution in [-0.4, -0.2) is 16.7 Å². The van der Waals surface area contributed by atoms with Gasteiger partial charge >= 0.3 is 6.03 Å². The summed E-state index contributed by atoms with van der Waals surface area (Å²) in [4.78, 5) is 14.8. The number of hydrogen-bond donors (Lipinski definition) is 2. The second-order valence-electron chi connectivity index (χ2n) is 3.47. The second-order valence-corrected chi connectivity index (χ2v) is 3.47. The molecule has 1 aromatic rings. The average Bonchev–Trinajstić information content (AvgIpc) is 2.25. The summed E-state index contributed by atoms with van der Waals surface area (Å²) in [5, 5.41) is 3.96. The molecule has 0 saturated heterocycles. The van der Waals surface area contributed by atoms with E-state index in [4.69, 9.17) is 5.73 Å². The third kappa shape index (κ3) is 3.68. The molecule has 1 aromatic heterocycles. The third-order valence-corrected chi connectivity index (χ3v) is 2.03. The second kappa shape index (κ2) is 5.85. The Morgan fingerprint density at radius 1 is 1.56 bits per heavy atom. The van der Waals surface area contributed by atoms with Gasteiger partial charge in [0.05, 0.1) is 5.71 Å². The van der Waals surface area contributed by atoms with Gasteiger partial charge in [0.1, 0.15) is 0 Å². The fraction of sp³-hybridized carbons (Fsp3) is 0.364. The molecule has 0 saturated carbocycles. The molecule has 2 amide bonds. The zero-order valence-corrected chi connectivity index (χ0v) is 9.53. The van der Waals surface area contributed by atoms with Gasteiger partial charge in [-0.15, -0.1) is 0 Å². The van der Waals surface area contributed by atoms with E-state index < -0.39 is 6.03 Å². The van der Waals surface area contributed by atoms with Gasteiger partial charge < -0.3 is 5.73 Å². The third-order valence-electron chi connectivity index (χ3n) is 2.03. The van der Waals surface area contributed by atoms with Crippen LogP contribution in [0, 0.1) is 6.92 Å². The van der Waals surface area contributed by atoms with Gasteiger partial charge in [-0.05, 0) is 25.5 Å². The highest BCUT2D eigenvalue weighted by molar-refractivity contribution is 6.00. The lowest BCUT2D eigenvalue weighted by atomic mass is 10.1. The van der Waals surface area contributed by atoms with Crippen molar-refractivity contribution in [1.29, 1.82) is 0 Å². The molecule has 1 heterocycles. The number of primary amides is 1. The molecule has 86 valence electrons. The highest BCUT2D eigenvalue weighted by Crippen LogP contribution is 2.06. The number of nitrogens with zero attached hydrogens (tertiary/aromatic N) is 2. The van der Waals surface area contributed by atoms with Gasteiger partial charge in [0, 0.05) is 17.5 Å². The Morgan fingerprint density at radius 3 is 2.81 bits per heavy atom. The van der Waals surface area contributed by atoms with E-state index in [2.05, 4.69) is 15.5 Å². The first-order valence-corrected chi connectivity index (χ1v) is 5.18. The maximum Gasteiger partial charge on any atom is 0.332 e. The van der Waals surface area contributed by atoms with E-state index in [0.717, 1.165) is 29.8 Å². The Kier molecular flexibility index (Phi) is 4.44. The van der Waals surface area contributed by atoms with Crippen molar-refractivity contribution in [2.75, 3.05) is 0 Å². The summed E-state index contributed by atoms with van der Waals surface area (Å²) >= 11 is 0. The molecule has 3 N–H and O–H groups in total. The van der Waals surface area contributed by atoms with Gasteiger partial charge in [0.15, 0.2) is 0 Å². The van der Waals surface area contributed by atoms with Crippen LogP contribution in [0.4, 0.5) is 4.79 Å². The highest BCUT2D eigenvalue weighted by Gasteiger charge is 2.03. The lowest BCUT2D eigenvalue weighted by Crippen LogP contribution is -2.26. The minimum atomic E-state index is -0.659. The maximum absolute atomic E-state index is 10.6. The fourth-order valence-electron chi connectivity index (χ4n) is 1.26. The van der Waals surface area contributed by atoms with Crippen molar-refractivity contribution in [3.63, 3.8) is 0 Å². The Morgan fingerprint density at radius 2 is 2.31 bits per heavy atom. The fourth-order valence-corrected chi connectivity index (χ4v) is 1.26. The highest BCUT2D eigenvalue weighted by atomic mass is 16.2. The normalized spacial score (nSPS) is 11.2. The van der Waals surface area contributed by atoms with E-state index in [1.165, 1.54) is 0 Å². The number of aryl methyl sites for hydroxylation is 1. The summed E-state index contributed by atoms with van der Waals surface area (Å²) in [7, 11) is 0. The van der Waals surface area contributed by atoms with Crippen LogP contribution in [0.3, 0.4) is 0 Å². The first-order chi connectivity index (χ1) is 7.63. The van der Waals surface area contributed by atoms with E-state index in [9.17, 15) is 4.79 Å². The summed E-state index contributed by atoms with van der Waals surface area (Å²) in [6.45, 7) is 3.96. The molecule has 0 aliphatic rings. The predicted octanol–water partition coefficient (Wildman–Crippen LogP) is 1.56. The molecule has 0 aromatic carbocycles. The molecule has 0 spiro atoms. The van der Waals surface area contributed by atoms with Crippen molar-refractivity contribution in [3.05, 3.63) is 29.6 Å². The summed E-state index contributed by atoms with van der Waals surface area (Å²) in [5.41, 5.74) is 9.85. The van der Waals surface area contributed by atoms with Crippen LogP contribution in [0.15, 0.2) is 23.4 Å². The molecule has 0 fully saturated rings. The zero-order valence-electron chi connectivity index (χ0n) is 9.53. The van der Waals surface area contributed by atoms with Crippen LogP contribution in [0.25, 0.3) is 0 Å². The van der Waals surface area contributed by atoms with Crippen molar-refractivity contribution < 1.29 is 4.79 Å². The lowest BCUT2D eigenvalue weighted by molar-refractivity contribution is 0.249. The average molecular weight is 220 g/mol. The predicted molar refractivity (Wildman–Crippen MR) is 63.1 cm³/mol. The Labute approximate surface area is 94.8 Å². The molecule has 0 aliphatic heterocycles. The van der Waals surface area contributed by atoms with Crippen molar-refractivity contribution in [1.82, 2.24) is 10.4 Å². The van der Waals surface area contributed by atoms with Crippen LogP contribution in [0.2, 0.25) is 0 Å². The Hall–Kier alpha value is -1.91. The minimum absolute atomic E-state index is 0.659. The van der Waals surface area contributed by atoms with Crippen LogP contribution >= 0.6 is 0 Å². The maximum atomic E-state index is 10.6. The number of carbonyl (C=O) groups excluding carboxylic acids is 1.